The second kappa shape index (κ2) is 11.8. The summed E-state index contributed by atoms with van der Waals surface area (Å²) in [5.74, 6) is -3.75. The number of carbonyl (C=O) groups is 5. The molecule has 1 fully saturated rings. The highest BCUT2D eigenvalue weighted by Gasteiger charge is 2.34. The Morgan fingerprint density at radius 2 is 1.75 bits per heavy atom. The van der Waals surface area contributed by atoms with Gasteiger partial charge in [0.1, 0.15) is 23.9 Å². The number of carboxylic acids is 1. The number of ether oxygens (including phenoxy) is 1. The molecule has 12 nitrogen and oxygen atoms in total. The highest BCUT2D eigenvalue weighted by molar-refractivity contribution is 5.94. The van der Waals surface area contributed by atoms with E-state index in [0.29, 0.717) is 30.7 Å². The number of hydrogen-bond donors (Lipinski definition) is 5. The Bertz CT molecular complexity index is 996. The van der Waals surface area contributed by atoms with Crippen molar-refractivity contribution in [2.75, 3.05) is 19.7 Å². The topological polar surface area (TPSA) is 174 Å². The van der Waals surface area contributed by atoms with Crippen LogP contribution in [0.15, 0.2) is 24.3 Å². The lowest BCUT2D eigenvalue weighted by atomic mass is 9.96. The second-order valence-corrected chi connectivity index (χ2v) is 9.17. The molecule has 0 unspecified atom stereocenters. The summed E-state index contributed by atoms with van der Waals surface area (Å²) in [6.07, 6.45) is -0.207. The molecule has 0 radical (unpaired) electrons. The van der Waals surface area contributed by atoms with Gasteiger partial charge in [0.15, 0.2) is 6.61 Å². The third kappa shape index (κ3) is 6.94. The second-order valence-electron chi connectivity index (χ2n) is 9.17. The van der Waals surface area contributed by atoms with E-state index >= 15 is 0 Å². The number of rotatable bonds is 2. The molecule has 196 valence electrons. The zero-order valence-electron chi connectivity index (χ0n) is 20.2. The minimum absolute atomic E-state index is 0.0253. The predicted octanol–water partition coefficient (Wildman–Crippen LogP) is -1.20. The molecule has 3 heterocycles. The average molecular weight is 505 g/mol. The molecule has 36 heavy (non-hydrogen) atoms. The third-order valence-electron chi connectivity index (χ3n) is 6.30. The first kappa shape index (κ1) is 26.9. The van der Waals surface area contributed by atoms with Crippen molar-refractivity contribution in [3.8, 4) is 5.75 Å². The normalized spacial score (nSPS) is 27.2. The monoisotopic (exact) mass is 504 g/mol. The van der Waals surface area contributed by atoms with Gasteiger partial charge in [0.25, 0.3) is 5.91 Å². The molecule has 4 amide bonds. The Balaban J connectivity index is 1.86. The van der Waals surface area contributed by atoms with Gasteiger partial charge in [0.05, 0.1) is 12.0 Å². The largest absolute Gasteiger partial charge is 0.484 e. The fourth-order valence-corrected chi connectivity index (χ4v) is 4.15. The fourth-order valence-electron chi connectivity index (χ4n) is 4.15. The van der Waals surface area contributed by atoms with Crippen LogP contribution in [-0.2, 0) is 30.4 Å². The van der Waals surface area contributed by atoms with Gasteiger partial charge in [0, 0.05) is 19.5 Å². The average Bonchev–Trinajstić information content (AvgIpc) is 2.85. The number of nitrogens with one attached hydrogen (secondary N) is 3. The van der Waals surface area contributed by atoms with Gasteiger partial charge >= 0.3 is 5.97 Å². The SMILES string of the molecule is C[C@@H]1NC(=O)[C@H]([C@@H](C)O)NC(=O)[C@H]2CCCN(C2)C(=O)COc2ccc(cc2)C[C@@H](C(=O)O)NC1=O. The lowest BCUT2D eigenvalue weighted by Crippen LogP contribution is -2.59. The summed E-state index contributed by atoms with van der Waals surface area (Å²) < 4.78 is 5.58. The molecule has 1 saturated heterocycles. The fraction of sp³-hybridized carbons (Fsp3) is 0.542. The summed E-state index contributed by atoms with van der Waals surface area (Å²) >= 11 is 0. The van der Waals surface area contributed by atoms with Gasteiger partial charge in [-0.05, 0) is 44.4 Å². The molecule has 3 aliphatic rings. The number of carbonyl (C=O) groups excluding carboxylic acids is 4. The lowest BCUT2D eigenvalue weighted by molar-refractivity contribution is -0.142. The van der Waals surface area contributed by atoms with E-state index in [1.807, 2.05) is 0 Å². The van der Waals surface area contributed by atoms with E-state index in [9.17, 15) is 34.2 Å². The van der Waals surface area contributed by atoms with E-state index in [1.165, 1.54) is 18.7 Å². The molecule has 4 bridgehead atoms. The van der Waals surface area contributed by atoms with Gasteiger partial charge < -0.3 is 35.8 Å². The molecule has 1 aromatic carbocycles. The van der Waals surface area contributed by atoms with Crippen molar-refractivity contribution in [3.63, 3.8) is 0 Å². The van der Waals surface area contributed by atoms with Gasteiger partial charge in [-0.1, -0.05) is 12.1 Å². The van der Waals surface area contributed by atoms with Crippen LogP contribution in [0.5, 0.6) is 5.75 Å². The van der Waals surface area contributed by atoms with E-state index in [4.69, 9.17) is 4.74 Å². The number of piperidine rings is 1. The Morgan fingerprint density at radius 3 is 2.39 bits per heavy atom. The smallest absolute Gasteiger partial charge is 0.326 e. The lowest BCUT2D eigenvalue weighted by Gasteiger charge is -2.33. The molecule has 3 aliphatic heterocycles. The zero-order valence-corrected chi connectivity index (χ0v) is 20.2. The third-order valence-corrected chi connectivity index (χ3v) is 6.30. The van der Waals surface area contributed by atoms with Crippen LogP contribution in [0.25, 0.3) is 0 Å². The van der Waals surface area contributed by atoms with Crippen molar-refractivity contribution in [2.24, 2.45) is 5.92 Å². The molecule has 12 heteroatoms. The number of aliphatic hydroxyl groups excluding tert-OH is 1. The van der Waals surface area contributed by atoms with Crippen LogP contribution < -0.4 is 20.7 Å². The Hall–Kier alpha value is -3.67. The minimum atomic E-state index is -1.35. The van der Waals surface area contributed by atoms with Crippen LogP contribution in [0.4, 0.5) is 0 Å². The van der Waals surface area contributed by atoms with Gasteiger partial charge in [-0.25, -0.2) is 4.79 Å². The minimum Gasteiger partial charge on any atom is -0.484 e. The van der Waals surface area contributed by atoms with E-state index in [-0.39, 0.29) is 25.5 Å². The maximum absolute atomic E-state index is 12.9. The van der Waals surface area contributed by atoms with Gasteiger partial charge in [-0.2, -0.15) is 0 Å². The maximum atomic E-state index is 12.9. The number of aliphatic hydroxyl groups is 1. The van der Waals surface area contributed by atoms with Crippen molar-refractivity contribution >= 4 is 29.6 Å². The molecule has 0 aromatic heterocycles. The van der Waals surface area contributed by atoms with Crippen LogP contribution in [0.3, 0.4) is 0 Å². The van der Waals surface area contributed by atoms with Crippen molar-refractivity contribution in [1.82, 2.24) is 20.9 Å². The molecule has 5 atom stereocenters. The number of nitrogens with zero attached hydrogens (tertiary/aromatic N) is 1. The number of benzene rings is 1. The van der Waals surface area contributed by atoms with Gasteiger partial charge in [-0.15, -0.1) is 0 Å². The molecule has 5 N–H and O–H groups in total. The Kier molecular flexibility index (Phi) is 8.86. The van der Waals surface area contributed by atoms with Crippen molar-refractivity contribution in [2.45, 2.75) is 57.3 Å². The molecule has 1 aromatic rings. The van der Waals surface area contributed by atoms with Crippen molar-refractivity contribution < 1.29 is 38.9 Å². The summed E-state index contributed by atoms with van der Waals surface area (Å²) in [4.78, 5) is 64.3. The quantitative estimate of drug-likeness (QED) is 0.312. The first-order valence-electron chi connectivity index (χ1n) is 11.9. The number of amides is 4. The Labute approximate surface area is 208 Å². The summed E-state index contributed by atoms with van der Waals surface area (Å²) in [6.45, 7) is 3.08. The van der Waals surface area contributed by atoms with Gasteiger partial charge in [-0.3, -0.25) is 19.2 Å². The van der Waals surface area contributed by atoms with Crippen LogP contribution in [0.1, 0.15) is 32.3 Å². The van der Waals surface area contributed by atoms with Gasteiger partial charge in [0.2, 0.25) is 17.7 Å². The summed E-state index contributed by atoms with van der Waals surface area (Å²) in [5.41, 5.74) is 0.614. The zero-order chi connectivity index (χ0) is 26.4. The summed E-state index contributed by atoms with van der Waals surface area (Å²) in [7, 11) is 0. The molecule has 0 saturated carbocycles. The molecule has 0 spiro atoms. The first-order valence-corrected chi connectivity index (χ1v) is 11.9. The number of carboxylic acid groups (broad SMARTS) is 1. The summed E-state index contributed by atoms with van der Waals surface area (Å²) in [5, 5.41) is 27.0. The molecular weight excluding hydrogens is 472 g/mol. The van der Waals surface area contributed by atoms with Crippen LogP contribution >= 0.6 is 0 Å². The van der Waals surface area contributed by atoms with Crippen molar-refractivity contribution in [1.29, 1.82) is 0 Å². The number of hydrogen-bond acceptors (Lipinski definition) is 7. The van der Waals surface area contributed by atoms with Crippen molar-refractivity contribution in [3.05, 3.63) is 29.8 Å². The predicted molar refractivity (Wildman–Crippen MR) is 126 cm³/mol. The molecule has 4 rings (SSSR count). The highest BCUT2D eigenvalue weighted by Crippen LogP contribution is 2.19. The summed E-state index contributed by atoms with van der Waals surface area (Å²) in [6, 6.07) is 2.73. The molecule has 0 aliphatic carbocycles. The Morgan fingerprint density at radius 1 is 1.06 bits per heavy atom. The van der Waals surface area contributed by atoms with E-state index in [0.717, 1.165) is 0 Å². The first-order chi connectivity index (χ1) is 17.0. The maximum Gasteiger partial charge on any atom is 0.326 e. The van der Waals surface area contributed by atoms with E-state index in [1.54, 1.807) is 24.3 Å². The van der Waals surface area contributed by atoms with E-state index in [2.05, 4.69) is 16.0 Å². The molecular formula is C24H32N4O8. The highest BCUT2D eigenvalue weighted by atomic mass is 16.5. The van der Waals surface area contributed by atoms with E-state index < -0.39 is 53.8 Å². The standard InChI is InChI=1S/C24H32N4O8/c1-13-21(31)26-18(24(34)35)10-15-5-7-17(8-6-15)36-12-19(30)28-9-3-4-16(11-28)22(32)27-20(14(2)29)23(33)25-13/h5-8,13-14,16,18,20,29H,3-4,9-12H2,1-2H3,(H,25,33)(H,26,31)(H,27,32)(H,34,35)/t13-,14+,16-,18-,20-/m0/s1. The van der Waals surface area contributed by atoms with Crippen LogP contribution in [0.2, 0.25) is 0 Å². The van der Waals surface area contributed by atoms with Crippen LogP contribution in [-0.4, -0.2) is 88.6 Å². The van der Waals surface area contributed by atoms with Crippen LogP contribution in [0, 0.1) is 5.92 Å². The number of fused-ring (bicyclic) bond motifs is 13. The number of aliphatic carboxylic acids is 1.